The van der Waals surface area contributed by atoms with Crippen LogP contribution in [0.2, 0.25) is 0 Å². The third kappa shape index (κ3) is 4.87. The summed E-state index contributed by atoms with van der Waals surface area (Å²) in [7, 11) is 0. The van der Waals surface area contributed by atoms with Crippen LogP contribution in [0.5, 0.6) is 0 Å². The summed E-state index contributed by atoms with van der Waals surface area (Å²) in [6.45, 7) is 9.98. The van der Waals surface area contributed by atoms with E-state index in [0.717, 1.165) is 25.6 Å². The Morgan fingerprint density at radius 2 is 1.59 bits per heavy atom. The summed E-state index contributed by atoms with van der Waals surface area (Å²) in [6.07, 6.45) is 2.81. The molecule has 2 rings (SSSR count). The third-order valence-corrected chi connectivity index (χ3v) is 4.68. The van der Waals surface area contributed by atoms with Crippen molar-refractivity contribution in [2.45, 2.75) is 33.1 Å². The zero-order valence-corrected chi connectivity index (χ0v) is 13.9. The molecule has 6 nitrogen and oxygen atoms in total. The maximum Gasteiger partial charge on any atom is 0.409 e. The van der Waals surface area contributed by atoms with Crippen LogP contribution in [-0.2, 0) is 9.53 Å². The number of piperazine rings is 1. The van der Waals surface area contributed by atoms with Gasteiger partial charge in [-0.15, -0.1) is 0 Å². The average molecular weight is 311 g/mol. The molecule has 0 unspecified atom stereocenters. The van der Waals surface area contributed by atoms with E-state index in [1.807, 2.05) is 4.90 Å². The van der Waals surface area contributed by atoms with E-state index in [9.17, 15) is 9.59 Å². The molecule has 2 amide bonds. The highest BCUT2D eigenvalue weighted by atomic mass is 16.6. The normalized spacial score (nSPS) is 21.0. The van der Waals surface area contributed by atoms with Crippen molar-refractivity contribution in [3.63, 3.8) is 0 Å². The van der Waals surface area contributed by atoms with Crippen LogP contribution in [0.3, 0.4) is 0 Å². The molecule has 126 valence electrons. The molecule has 2 aliphatic heterocycles. The van der Waals surface area contributed by atoms with Crippen molar-refractivity contribution in [3.8, 4) is 0 Å². The molecule has 6 heteroatoms. The first-order valence-corrected chi connectivity index (χ1v) is 8.52. The van der Waals surface area contributed by atoms with Crippen molar-refractivity contribution in [1.29, 1.82) is 0 Å². The second kappa shape index (κ2) is 8.36. The quantitative estimate of drug-likeness (QED) is 0.788. The van der Waals surface area contributed by atoms with Crippen molar-refractivity contribution in [2.75, 3.05) is 52.4 Å². The monoisotopic (exact) mass is 311 g/mol. The number of nitrogens with zero attached hydrogens (tertiary/aromatic N) is 3. The molecule has 0 aromatic rings. The van der Waals surface area contributed by atoms with Gasteiger partial charge in [0.05, 0.1) is 6.61 Å². The zero-order chi connectivity index (χ0) is 15.9. The van der Waals surface area contributed by atoms with Crippen LogP contribution in [0.25, 0.3) is 0 Å². The van der Waals surface area contributed by atoms with E-state index >= 15 is 0 Å². The minimum Gasteiger partial charge on any atom is -0.450 e. The first kappa shape index (κ1) is 17.1. The molecule has 2 saturated heterocycles. The van der Waals surface area contributed by atoms with E-state index in [2.05, 4.69) is 11.8 Å². The summed E-state index contributed by atoms with van der Waals surface area (Å²) in [5.41, 5.74) is 0. The van der Waals surface area contributed by atoms with Gasteiger partial charge in [0, 0.05) is 39.1 Å². The van der Waals surface area contributed by atoms with E-state index in [1.165, 1.54) is 12.8 Å². The molecule has 0 spiro atoms. The Balaban J connectivity index is 1.66. The number of carbonyl (C=O) groups excluding carboxylic acids is 2. The Morgan fingerprint density at radius 1 is 1.00 bits per heavy atom. The van der Waals surface area contributed by atoms with Crippen LogP contribution < -0.4 is 0 Å². The molecule has 0 atom stereocenters. The van der Waals surface area contributed by atoms with Crippen molar-refractivity contribution in [3.05, 3.63) is 0 Å². The average Bonchev–Trinajstić information content (AvgIpc) is 2.54. The van der Waals surface area contributed by atoms with Gasteiger partial charge in [0.2, 0.25) is 5.91 Å². The van der Waals surface area contributed by atoms with Crippen LogP contribution >= 0.6 is 0 Å². The fourth-order valence-electron chi connectivity index (χ4n) is 3.05. The van der Waals surface area contributed by atoms with Gasteiger partial charge >= 0.3 is 6.09 Å². The van der Waals surface area contributed by atoms with Crippen molar-refractivity contribution in [2.24, 2.45) is 5.92 Å². The topological polar surface area (TPSA) is 53.1 Å². The highest BCUT2D eigenvalue weighted by molar-refractivity contribution is 5.77. The van der Waals surface area contributed by atoms with Gasteiger partial charge in [0.15, 0.2) is 0 Å². The first-order valence-electron chi connectivity index (χ1n) is 8.52. The van der Waals surface area contributed by atoms with Crippen LogP contribution in [0, 0.1) is 5.92 Å². The van der Waals surface area contributed by atoms with Crippen LogP contribution in [0.4, 0.5) is 4.79 Å². The van der Waals surface area contributed by atoms with Crippen molar-refractivity contribution in [1.82, 2.24) is 14.7 Å². The van der Waals surface area contributed by atoms with Crippen LogP contribution in [-0.4, -0.2) is 79.1 Å². The summed E-state index contributed by atoms with van der Waals surface area (Å²) < 4.78 is 4.99. The maximum absolute atomic E-state index is 12.3. The van der Waals surface area contributed by atoms with Crippen LogP contribution in [0.15, 0.2) is 0 Å². The molecule has 0 N–H and O–H groups in total. The van der Waals surface area contributed by atoms with E-state index < -0.39 is 0 Å². The second-order valence-corrected chi connectivity index (χ2v) is 6.34. The number of carbonyl (C=O) groups is 2. The van der Waals surface area contributed by atoms with Crippen molar-refractivity contribution >= 4 is 12.0 Å². The Morgan fingerprint density at radius 3 is 2.18 bits per heavy atom. The number of hydrogen-bond acceptors (Lipinski definition) is 4. The highest BCUT2D eigenvalue weighted by Crippen LogP contribution is 2.16. The number of piperidine rings is 1. The molecule has 22 heavy (non-hydrogen) atoms. The van der Waals surface area contributed by atoms with E-state index in [-0.39, 0.29) is 12.0 Å². The minimum absolute atomic E-state index is 0.210. The highest BCUT2D eigenvalue weighted by Gasteiger charge is 2.25. The second-order valence-electron chi connectivity index (χ2n) is 6.34. The van der Waals surface area contributed by atoms with Gasteiger partial charge in [0.1, 0.15) is 0 Å². The molecule has 2 heterocycles. The third-order valence-electron chi connectivity index (χ3n) is 4.68. The van der Waals surface area contributed by atoms with E-state index in [0.29, 0.717) is 39.2 Å². The lowest BCUT2D eigenvalue weighted by atomic mass is 9.99. The lowest BCUT2D eigenvalue weighted by Crippen LogP contribution is -2.51. The molecular formula is C16H29N3O3. The van der Waals surface area contributed by atoms with E-state index in [1.54, 1.807) is 11.8 Å². The Bertz CT molecular complexity index is 373. The number of likely N-dealkylation sites (tertiary alicyclic amines) is 1. The molecule has 0 bridgehead atoms. The fraction of sp³-hybridized carbons (Fsp3) is 0.875. The molecule has 0 radical (unpaired) electrons. The van der Waals surface area contributed by atoms with Gasteiger partial charge in [0.25, 0.3) is 0 Å². The van der Waals surface area contributed by atoms with Gasteiger partial charge in [-0.1, -0.05) is 6.92 Å². The number of rotatable bonds is 4. The summed E-state index contributed by atoms with van der Waals surface area (Å²) in [5, 5.41) is 0. The molecule has 0 aromatic carbocycles. The first-order chi connectivity index (χ1) is 10.6. The van der Waals surface area contributed by atoms with Gasteiger partial charge in [-0.05, 0) is 38.8 Å². The molecule has 0 aliphatic carbocycles. The Labute approximate surface area is 133 Å². The summed E-state index contributed by atoms with van der Waals surface area (Å²) in [4.78, 5) is 29.9. The SMILES string of the molecule is CCOC(=O)N1CCN(C(=O)CCN2CCC(C)CC2)CC1. The number of amides is 2. The summed E-state index contributed by atoms with van der Waals surface area (Å²) in [5.74, 6) is 1.03. The molecular weight excluding hydrogens is 282 g/mol. The minimum atomic E-state index is -0.267. The lowest BCUT2D eigenvalue weighted by molar-refractivity contribution is -0.133. The van der Waals surface area contributed by atoms with Gasteiger partial charge in [-0.25, -0.2) is 4.79 Å². The zero-order valence-electron chi connectivity index (χ0n) is 13.9. The predicted molar refractivity (Wildman–Crippen MR) is 84.6 cm³/mol. The predicted octanol–water partition coefficient (Wildman–Crippen LogP) is 1.41. The number of hydrogen-bond donors (Lipinski definition) is 0. The maximum atomic E-state index is 12.3. The fourth-order valence-corrected chi connectivity index (χ4v) is 3.05. The summed E-state index contributed by atoms with van der Waals surface area (Å²) in [6, 6.07) is 0. The Kier molecular flexibility index (Phi) is 6.49. The van der Waals surface area contributed by atoms with E-state index in [4.69, 9.17) is 4.74 Å². The smallest absolute Gasteiger partial charge is 0.409 e. The van der Waals surface area contributed by atoms with Crippen molar-refractivity contribution < 1.29 is 14.3 Å². The molecule has 2 aliphatic rings. The molecule has 0 saturated carbocycles. The molecule has 0 aromatic heterocycles. The van der Waals surface area contributed by atoms with Gasteiger partial charge in [-0.3, -0.25) is 4.79 Å². The van der Waals surface area contributed by atoms with Gasteiger partial charge < -0.3 is 19.4 Å². The summed E-state index contributed by atoms with van der Waals surface area (Å²) >= 11 is 0. The lowest BCUT2D eigenvalue weighted by Gasteiger charge is -2.35. The Hall–Kier alpha value is -1.30. The largest absolute Gasteiger partial charge is 0.450 e. The van der Waals surface area contributed by atoms with Gasteiger partial charge in [-0.2, -0.15) is 0 Å². The number of ether oxygens (including phenoxy) is 1. The van der Waals surface area contributed by atoms with Crippen LogP contribution in [0.1, 0.15) is 33.1 Å². The molecule has 2 fully saturated rings. The standard InChI is InChI=1S/C16H29N3O3/c1-3-22-16(21)19-12-10-18(11-13-19)15(20)6-9-17-7-4-14(2)5-8-17/h14H,3-13H2,1-2H3.